The fraction of sp³-hybridized carbons (Fsp3) is 0.333. The molecule has 9 nitrogen and oxygen atoms in total. The van der Waals surface area contributed by atoms with Crippen LogP contribution in [0, 0.1) is 6.92 Å². The number of fused-ring (bicyclic) bond motifs is 1. The molecule has 0 fully saturated rings. The van der Waals surface area contributed by atoms with Gasteiger partial charge in [0, 0.05) is 17.8 Å². The van der Waals surface area contributed by atoms with E-state index in [0.29, 0.717) is 23.3 Å². The molecule has 1 unspecified atom stereocenters. The second-order valence-electron chi connectivity index (χ2n) is 6.61. The second-order valence-corrected chi connectivity index (χ2v) is 7.67. The molecule has 0 saturated heterocycles. The van der Waals surface area contributed by atoms with Crippen LogP contribution in [-0.4, -0.2) is 43.8 Å². The number of hydrogen-bond donors (Lipinski definition) is 3. The van der Waals surface area contributed by atoms with Gasteiger partial charge in [-0.05, 0) is 32.0 Å². The Hall–Kier alpha value is -2.98. The monoisotopic (exact) mass is 403 g/mol. The van der Waals surface area contributed by atoms with Gasteiger partial charge in [0.25, 0.3) is 5.91 Å². The number of rotatable bonds is 7. The van der Waals surface area contributed by atoms with Crippen molar-refractivity contribution in [3.05, 3.63) is 40.0 Å². The van der Waals surface area contributed by atoms with Crippen LogP contribution in [0.15, 0.2) is 23.6 Å². The molecule has 0 aliphatic heterocycles. The summed E-state index contributed by atoms with van der Waals surface area (Å²) in [5.74, 6) is -0.856. The lowest BCUT2D eigenvalue weighted by Gasteiger charge is -2.24. The number of nitrogens with one attached hydrogen (secondary N) is 1. The van der Waals surface area contributed by atoms with Gasteiger partial charge in [0.1, 0.15) is 23.6 Å². The number of nitrogens with zero attached hydrogens (tertiary/aromatic N) is 3. The lowest BCUT2D eigenvalue weighted by atomic mass is 10.0. The highest BCUT2D eigenvalue weighted by Gasteiger charge is 2.33. The van der Waals surface area contributed by atoms with Crippen molar-refractivity contribution in [2.45, 2.75) is 26.0 Å². The maximum absolute atomic E-state index is 12.8. The van der Waals surface area contributed by atoms with Crippen molar-refractivity contribution in [2.24, 2.45) is 12.8 Å². The topological polar surface area (TPSA) is 132 Å². The fourth-order valence-electron chi connectivity index (χ4n) is 2.66. The van der Waals surface area contributed by atoms with Gasteiger partial charge >= 0.3 is 0 Å². The van der Waals surface area contributed by atoms with Crippen molar-refractivity contribution in [1.29, 1.82) is 0 Å². The maximum atomic E-state index is 12.8. The molecule has 3 rings (SSSR count). The van der Waals surface area contributed by atoms with Crippen molar-refractivity contribution in [3.63, 3.8) is 0 Å². The minimum Gasteiger partial charge on any atom is -0.487 e. The molecule has 1 atom stereocenters. The summed E-state index contributed by atoms with van der Waals surface area (Å²) in [4.78, 5) is 28.7. The normalized spacial score (nSPS) is 13.3. The zero-order valence-corrected chi connectivity index (χ0v) is 16.5. The van der Waals surface area contributed by atoms with Crippen LogP contribution < -0.4 is 15.8 Å². The van der Waals surface area contributed by atoms with Gasteiger partial charge in [-0.3, -0.25) is 14.3 Å². The van der Waals surface area contributed by atoms with Gasteiger partial charge in [0.2, 0.25) is 5.91 Å². The molecule has 2 aromatic heterocycles. The van der Waals surface area contributed by atoms with E-state index in [1.165, 1.54) is 11.6 Å². The average molecular weight is 403 g/mol. The van der Waals surface area contributed by atoms with E-state index in [0.717, 1.165) is 10.7 Å². The summed E-state index contributed by atoms with van der Waals surface area (Å²) in [6, 6.07) is 5.21. The van der Waals surface area contributed by atoms with Gasteiger partial charge in [-0.15, -0.1) is 11.3 Å². The van der Waals surface area contributed by atoms with E-state index in [-0.39, 0.29) is 5.69 Å². The molecule has 2 heterocycles. The Kier molecular flexibility index (Phi) is 5.34. The largest absolute Gasteiger partial charge is 0.487 e. The van der Waals surface area contributed by atoms with Crippen LogP contribution in [0.4, 0.5) is 0 Å². The Morgan fingerprint density at radius 3 is 2.79 bits per heavy atom. The molecule has 4 N–H and O–H groups in total. The number of aliphatic hydroxyl groups is 1. The zero-order chi connectivity index (χ0) is 20.5. The Balaban J connectivity index is 1.88. The Bertz CT molecular complexity index is 1040. The Morgan fingerprint density at radius 2 is 2.18 bits per heavy atom. The predicted octanol–water partition coefficient (Wildman–Crippen LogP) is 0.883. The van der Waals surface area contributed by atoms with Crippen molar-refractivity contribution >= 4 is 34.1 Å². The molecule has 0 aliphatic carbocycles. The van der Waals surface area contributed by atoms with E-state index in [2.05, 4.69) is 15.4 Å². The van der Waals surface area contributed by atoms with Gasteiger partial charge in [0.15, 0.2) is 0 Å². The third kappa shape index (κ3) is 3.82. The van der Waals surface area contributed by atoms with Gasteiger partial charge in [-0.25, -0.2) is 4.98 Å². The fourth-order valence-corrected chi connectivity index (χ4v) is 3.25. The van der Waals surface area contributed by atoms with Crippen molar-refractivity contribution in [2.75, 3.05) is 6.61 Å². The zero-order valence-electron chi connectivity index (χ0n) is 15.7. The highest BCUT2D eigenvalue weighted by molar-refractivity contribution is 7.09. The highest BCUT2D eigenvalue weighted by atomic mass is 32.1. The SMILES string of the molecule is Cc1nc(COc2ccc3nn(C)c(C(=O)NC(C)(CO)C(N)=O)c3c2)cs1. The minimum atomic E-state index is -1.58. The van der Waals surface area contributed by atoms with Crippen LogP contribution in [0.2, 0.25) is 0 Å². The number of carbonyl (C=O) groups is 2. The quantitative estimate of drug-likeness (QED) is 0.536. The number of aryl methyl sites for hydroxylation is 2. The number of aromatic nitrogens is 3. The van der Waals surface area contributed by atoms with Gasteiger partial charge < -0.3 is 20.9 Å². The van der Waals surface area contributed by atoms with Crippen LogP contribution in [0.3, 0.4) is 0 Å². The molecule has 0 radical (unpaired) electrons. The summed E-state index contributed by atoms with van der Waals surface area (Å²) in [5, 5.41) is 19.7. The molecule has 0 saturated carbocycles. The first-order valence-electron chi connectivity index (χ1n) is 8.47. The predicted molar refractivity (Wildman–Crippen MR) is 104 cm³/mol. The number of thiazole rings is 1. The van der Waals surface area contributed by atoms with Crippen molar-refractivity contribution in [1.82, 2.24) is 20.1 Å². The minimum absolute atomic E-state index is 0.228. The Labute approximate surface area is 165 Å². The summed E-state index contributed by atoms with van der Waals surface area (Å²) in [7, 11) is 1.62. The molecule has 2 amide bonds. The first kappa shape index (κ1) is 19.8. The van der Waals surface area contributed by atoms with Crippen molar-refractivity contribution < 1.29 is 19.4 Å². The number of nitrogens with two attached hydrogens (primary N) is 1. The van der Waals surface area contributed by atoms with Crippen LogP contribution in [0.5, 0.6) is 5.75 Å². The molecule has 0 aliphatic rings. The number of primary amides is 1. The molecule has 3 aromatic rings. The second kappa shape index (κ2) is 7.56. The van der Waals surface area contributed by atoms with Gasteiger partial charge in [-0.2, -0.15) is 5.10 Å². The number of carbonyl (C=O) groups excluding carboxylic acids is 2. The number of benzene rings is 1. The lowest BCUT2D eigenvalue weighted by molar-refractivity contribution is -0.124. The summed E-state index contributed by atoms with van der Waals surface area (Å²) in [5.41, 5.74) is 5.36. The van der Waals surface area contributed by atoms with E-state index in [1.807, 2.05) is 12.3 Å². The standard InChI is InChI=1S/C18H21N5O4S/c1-10-20-11(8-28-10)7-27-12-4-5-14-13(6-12)15(23(3)22-14)16(25)21-18(2,9-24)17(19)26/h4-6,8,24H,7,9H2,1-3H3,(H2,19,26)(H,21,25). The van der Waals surface area contributed by atoms with Crippen LogP contribution in [-0.2, 0) is 18.4 Å². The summed E-state index contributed by atoms with van der Waals surface area (Å²) in [6.07, 6.45) is 0. The third-order valence-corrected chi connectivity index (χ3v) is 5.14. The van der Waals surface area contributed by atoms with E-state index in [9.17, 15) is 14.7 Å². The molecule has 0 bridgehead atoms. The molecule has 0 spiro atoms. The maximum Gasteiger partial charge on any atom is 0.271 e. The summed E-state index contributed by atoms with van der Waals surface area (Å²) < 4.78 is 7.19. The van der Waals surface area contributed by atoms with Crippen LogP contribution >= 0.6 is 11.3 Å². The third-order valence-electron chi connectivity index (χ3n) is 4.32. The highest BCUT2D eigenvalue weighted by Crippen LogP contribution is 2.25. The molecular formula is C18H21N5O4S. The molecular weight excluding hydrogens is 382 g/mol. The summed E-state index contributed by atoms with van der Waals surface area (Å²) >= 11 is 1.55. The van der Waals surface area contributed by atoms with Crippen LogP contribution in [0.25, 0.3) is 10.9 Å². The van der Waals surface area contributed by atoms with E-state index in [1.54, 1.807) is 36.6 Å². The Morgan fingerprint density at radius 1 is 1.43 bits per heavy atom. The molecule has 28 heavy (non-hydrogen) atoms. The smallest absolute Gasteiger partial charge is 0.271 e. The van der Waals surface area contributed by atoms with Gasteiger partial charge in [-0.1, -0.05) is 0 Å². The number of aliphatic hydroxyl groups excluding tert-OH is 1. The molecule has 10 heteroatoms. The van der Waals surface area contributed by atoms with E-state index >= 15 is 0 Å². The van der Waals surface area contributed by atoms with Gasteiger partial charge in [0.05, 0.1) is 22.8 Å². The number of amides is 2. The van der Waals surface area contributed by atoms with Crippen LogP contribution in [0.1, 0.15) is 28.1 Å². The number of ether oxygens (including phenoxy) is 1. The van der Waals surface area contributed by atoms with Crippen molar-refractivity contribution in [3.8, 4) is 5.75 Å². The summed E-state index contributed by atoms with van der Waals surface area (Å²) in [6.45, 7) is 2.97. The van der Waals surface area contributed by atoms with E-state index in [4.69, 9.17) is 10.5 Å². The molecule has 148 valence electrons. The average Bonchev–Trinajstić information content (AvgIpc) is 3.21. The number of hydrogen-bond acceptors (Lipinski definition) is 7. The molecule has 1 aromatic carbocycles. The van der Waals surface area contributed by atoms with E-state index < -0.39 is 24.0 Å². The first-order valence-corrected chi connectivity index (χ1v) is 9.35. The first-order chi connectivity index (χ1) is 13.2. The lowest BCUT2D eigenvalue weighted by Crippen LogP contribution is -2.58.